The molecule has 1 aliphatic carbocycles. The quantitative estimate of drug-likeness (QED) is 0.671. The number of rotatable bonds is 2. The van der Waals surface area contributed by atoms with E-state index >= 15 is 0 Å². The van der Waals surface area contributed by atoms with Gasteiger partial charge in [0.25, 0.3) is 5.69 Å². The monoisotopic (exact) mass is 308 g/mol. The van der Waals surface area contributed by atoms with Crippen LogP contribution in [-0.4, -0.2) is 18.9 Å². The minimum absolute atomic E-state index is 0.0462. The van der Waals surface area contributed by atoms with Gasteiger partial charge in [0.15, 0.2) is 0 Å². The predicted molar refractivity (Wildman–Crippen MR) is 78.9 cm³/mol. The SMILES string of the molecule is O=[N+]([O-])c1ccc(C2=CC3(CCCCC3)NS2(=O)=O)cc1. The highest BCUT2D eigenvalue weighted by atomic mass is 32.2. The van der Waals surface area contributed by atoms with Crippen LogP contribution in [0.25, 0.3) is 4.91 Å². The number of benzene rings is 1. The Hall–Kier alpha value is -1.73. The van der Waals surface area contributed by atoms with Gasteiger partial charge < -0.3 is 0 Å². The normalized spacial score (nSPS) is 23.0. The molecule has 0 bridgehead atoms. The zero-order valence-electron chi connectivity index (χ0n) is 11.4. The number of hydrogen-bond acceptors (Lipinski definition) is 4. The van der Waals surface area contributed by atoms with Crippen LogP contribution in [0.15, 0.2) is 30.3 Å². The average Bonchev–Trinajstić information content (AvgIpc) is 2.70. The van der Waals surface area contributed by atoms with Crippen molar-refractivity contribution in [2.24, 2.45) is 0 Å². The molecule has 6 nitrogen and oxygen atoms in total. The van der Waals surface area contributed by atoms with E-state index < -0.39 is 20.5 Å². The summed E-state index contributed by atoms with van der Waals surface area (Å²) < 4.78 is 27.5. The topological polar surface area (TPSA) is 89.3 Å². The first-order chi connectivity index (χ1) is 9.92. The lowest BCUT2D eigenvalue weighted by atomic mass is 9.82. The fourth-order valence-corrected chi connectivity index (χ4v) is 4.83. The van der Waals surface area contributed by atoms with Gasteiger partial charge in [0.05, 0.1) is 15.4 Å². The van der Waals surface area contributed by atoms with Crippen molar-refractivity contribution in [1.82, 2.24) is 4.72 Å². The Labute approximate surface area is 123 Å². The van der Waals surface area contributed by atoms with Crippen LogP contribution >= 0.6 is 0 Å². The van der Waals surface area contributed by atoms with E-state index in [1.165, 1.54) is 24.3 Å². The van der Waals surface area contributed by atoms with Crippen LogP contribution < -0.4 is 4.72 Å². The summed E-state index contributed by atoms with van der Waals surface area (Å²) in [7, 11) is -3.54. The lowest BCUT2D eigenvalue weighted by Gasteiger charge is -2.30. The van der Waals surface area contributed by atoms with E-state index in [1.807, 2.05) is 0 Å². The summed E-state index contributed by atoms with van der Waals surface area (Å²) >= 11 is 0. The standard InChI is InChI=1S/C14H16N2O4S/c17-16(18)12-6-4-11(5-7-12)13-10-14(15-21(13,19)20)8-2-1-3-9-14/h4-7,10,15H,1-3,8-9H2. The Balaban J connectivity index is 1.99. The highest BCUT2D eigenvalue weighted by Gasteiger charge is 2.42. The van der Waals surface area contributed by atoms with Gasteiger partial charge in [-0.05, 0) is 36.6 Å². The second-order valence-corrected chi connectivity index (χ2v) is 7.29. The van der Waals surface area contributed by atoms with Gasteiger partial charge >= 0.3 is 0 Å². The van der Waals surface area contributed by atoms with Crippen LogP contribution in [0.3, 0.4) is 0 Å². The number of nitro groups is 1. The van der Waals surface area contributed by atoms with Gasteiger partial charge in [-0.1, -0.05) is 19.3 Å². The number of nitrogens with zero attached hydrogens (tertiary/aromatic N) is 1. The molecule has 1 heterocycles. The van der Waals surface area contributed by atoms with Crippen LogP contribution in [0.2, 0.25) is 0 Å². The second kappa shape index (κ2) is 4.92. The van der Waals surface area contributed by atoms with Crippen molar-refractivity contribution in [2.75, 3.05) is 0 Å². The molecule has 0 radical (unpaired) electrons. The lowest BCUT2D eigenvalue weighted by molar-refractivity contribution is -0.384. The summed E-state index contributed by atoms with van der Waals surface area (Å²) in [6, 6.07) is 5.64. The molecule has 0 atom stereocenters. The van der Waals surface area contributed by atoms with Crippen molar-refractivity contribution >= 4 is 20.6 Å². The number of non-ortho nitro benzene ring substituents is 1. The van der Waals surface area contributed by atoms with E-state index in [1.54, 1.807) is 6.08 Å². The van der Waals surface area contributed by atoms with Crippen molar-refractivity contribution in [3.63, 3.8) is 0 Å². The number of nitrogens with one attached hydrogen (secondary N) is 1. The van der Waals surface area contributed by atoms with Gasteiger partial charge in [0.2, 0.25) is 10.0 Å². The second-order valence-electron chi connectivity index (χ2n) is 5.63. The van der Waals surface area contributed by atoms with Gasteiger partial charge in [-0.15, -0.1) is 0 Å². The largest absolute Gasteiger partial charge is 0.269 e. The maximum atomic E-state index is 12.3. The molecule has 21 heavy (non-hydrogen) atoms. The Morgan fingerprint density at radius 2 is 1.71 bits per heavy atom. The van der Waals surface area contributed by atoms with Crippen molar-refractivity contribution in [3.05, 3.63) is 46.0 Å². The van der Waals surface area contributed by atoms with E-state index in [0.29, 0.717) is 5.56 Å². The summed E-state index contributed by atoms with van der Waals surface area (Å²) in [5.74, 6) is 0. The van der Waals surface area contributed by atoms with Crippen molar-refractivity contribution in [2.45, 2.75) is 37.6 Å². The Morgan fingerprint density at radius 1 is 1.10 bits per heavy atom. The molecule has 1 aromatic carbocycles. The van der Waals surface area contributed by atoms with E-state index in [0.717, 1.165) is 32.1 Å². The van der Waals surface area contributed by atoms with Crippen LogP contribution in [0, 0.1) is 10.1 Å². The van der Waals surface area contributed by atoms with Crippen LogP contribution in [0.1, 0.15) is 37.7 Å². The summed E-state index contributed by atoms with van der Waals surface area (Å²) in [6.07, 6.45) is 6.55. The molecule has 112 valence electrons. The van der Waals surface area contributed by atoms with Gasteiger partial charge in [-0.2, -0.15) is 0 Å². The zero-order valence-corrected chi connectivity index (χ0v) is 12.2. The number of sulfonamides is 1. The van der Waals surface area contributed by atoms with Gasteiger partial charge in [-0.3, -0.25) is 10.1 Å². The summed E-state index contributed by atoms with van der Waals surface area (Å²) in [4.78, 5) is 10.4. The maximum Gasteiger partial charge on any atom is 0.269 e. The molecule has 0 amide bonds. The summed E-state index contributed by atoms with van der Waals surface area (Å²) in [5, 5.41) is 10.7. The third-order valence-corrected chi connectivity index (χ3v) is 5.75. The van der Waals surface area contributed by atoms with Gasteiger partial charge in [0, 0.05) is 12.1 Å². The van der Waals surface area contributed by atoms with E-state index in [-0.39, 0.29) is 10.6 Å². The Kier molecular flexibility index (Phi) is 3.33. The molecule has 7 heteroatoms. The highest BCUT2D eigenvalue weighted by molar-refractivity contribution is 7.99. The van der Waals surface area contributed by atoms with Crippen molar-refractivity contribution in [1.29, 1.82) is 0 Å². The zero-order chi connectivity index (χ0) is 15.1. The predicted octanol–water partition coefficient (Wildman–Crippen LogP) is 2.57. The van der Waals surface area contributed by atoms with Crippen LogP contribution in [0.5, 0.6) is 0 Å². The fraction of sp³-hybridized carbons (Fsp3) is 0.429. The summed E-state index contributed by atoms with van der Waals surface area (Å²) in [6.45, 7) is 0. The molecule has 0 saturated heterocycles. The molecule has 1 N–H and O–H groups in total. The fourth-order valence-electron chi connectivity index (χ4n) is 3.10. The molecule has 1 aliphatic heterocycles. The van der Waals surface area contributed by atoms with Crippen LogP contribution in [-0.2, 0) is 10.0 Å². The minimum atomic E-state index is -3.54. The third kappa shape index (κ3) is 2.58. The Bertz CT molecular complexity index is 701. The molecule has 1 aromatic rings. The minimum Gasteiger partial charge on any atom is -0.258 e. The third-order valence-electron chi connectivity index (χ3n) is 4.14. The lowest BCUT2D eigenvalue weighted by Crippen LogP contribution is -2.43. The molecule has 0 unspecified atom stereocenters. The van der Waals surface area contributed by atoms with Crippen molar-refractivity contribution in [3.8, 4) is 0 Å². The van der Waals surface area contributed by atoms with Gasteiger partial charge in [0.1, 0.15) is 0 Å². The van der Waals surface area contributed by atoms with E-state index in [9.17, 15) is 18.5 Å². The molecular weight excluding hydrogens is 292 g/mol. The molecular formula is C14H16N2O4S. The van der Waals surface area contributed by atoms with Crippen molar-refractivity contribution < 1.29 is 13.3 Å². The summed E-state index contributed by atoms with van der Waals surface area (Å²) in [5.41, 5.74) is -0.0144. The maximum absolute atomic E-state index is 12.3. The molecule has 1 spiro atoms. The molecule has 2 aliphatic rings. The smallest absolute Gasteiger partial charge is 0.258 e. The molecule has 1 saturated carbocycles. The first kappa shape index (κ1) is 14.2. The number of nitro benzene ring substituents is 1. The first-order valence-corrected chi connectivity index (χ1v) is 8.42. The highest BCUT2D eigenvalue weighted by Crippen LogP contribution is 2.39. The average molecular weight is 308 g/mol. The molecule has 3 rings (SSSR count). The number of hydrogen-bond donors (Lipinski definition) is 1. The Morgan fingerprint density at radius 3 is 2.29 bits per heavy atom. The van der Waals surface area contributed by atoms with Crippen LogP contribution in [0.4, 0.5) is 5.69 Å². The van der Waals surface area contributed by atoms with Gasteiger partial charge in [-0.25, -0.2) is 13.1 Å². The van der Waals surface area contributed by atoms with E-state index in [4.69, 9.17) is 0 Å². The first-order valence-electron chi connectivity index (χ1n) is 6.94. The molecule has 0 aromatic heterocycles. The van der Waals surface area contributed by atoms with E-state index in [2.05, 4.69) is 4.72 Å². The molecule has 1 fully saturated rings.